The molecule has 0 bridgehead atoms. The number of pyridine rings is 1. The molecule has 1 amide bonds. The first kappa shape index (κ1) is 22.6. The lowest BCUT2D eigenvalue weighted by atomic mass is 10.1. The number of ether oxygens (including phenoxy) is 1. The predicted octanol–water partition coefficient (Wildman–Crippen LogP) is 3.09. The molecule has 2 heterocycles. The second-order valence-electron chi connectivity index (χ2n) is 8.11. The van der Waals surface area contributed by atoms with E-state index in [0.29, 0.717) is 22.5 Å². The van der Waals surface area contributed by atoms with Crippen LogP contribution in [0.5, 0.6) is 5.88 Å². The van der Waals surface area contributed by atoms with Crippen molar-refractivity contribution in [2.75, 3.05) is 10.6 Å². The molecule has 1 aromatic carbocycles. The first-order valence-corrected chi connectivity index (χ1v) is 10.3. The minimum absolute atomic E-state index is 0.00481. The van der Waals surface area contributed by atoms with E-state index >= 15 is 0 Å². The molecule has 0 unspecified atom stereocenters. The molecule has 176 valence electrons. The molecule has 12 heteroatoms. The van der Waals surface area contributed by atoms with Crippen molar-refractivity contribution in [3.05, 3.63) is 35.6 Å². The quantitative estimate of drug-likeness (QED) is 0.383. The minimum Gasteiger partial charge on any atom is -0.415 e. The van der Waals surface area contributed by atoms with Crippen molar-refractivity contribution in [3.8, 4) is 5.88 Å². The van der Waals surface area contributed by atoms with Crippen molar-refractivity contribution in [2.24, 2.45) is 24.4 Å². The van der Waals surface area contributed by atoms with Gasteiger partial charge in [-0.15, -0.1) is 5.10 Å². The number of nitrogens with one attached hydrogen (secondary N) is 2. The maximum atomic E-state index is 14.7. The van der Waals surface area contributed by atoms with Gasteiger partial charge in [-0.05, 0) is 49.9 Å². The Morgan fingerprint density at radius 3 is 2.61 bits per heavy atom. The maximum Gasteiger partial charge on any atom is 0.388 e. The predicted molar refractivity (Wildman–Crippen MR) is 117 cm³/mol. The monoisotopic (exact) mass is 463 g/mol. The number of hydrogen-bond acceptors (Lipinski definition) is 7. The Morgan fingerprint density at radius 1 is 1.27 bits per heavy atom. The summed E-state index contributed by atoms with van der Waals surface area (Å²) in [6.45, 7) is -1.22. The lowest BCUT2D eigenvalue weighted by Gasteiger charge is -2.23. The summed E-state index contributed by atoms with van der Waals surface area (Å²) in [6.07, 6.45) is 1.97. The van der Waals surface area contributed by atoms with Crippen molar-refractivity contribution in [1.29, 1.82) is 0 Å². The van der Waals surface area contributed by atoms with Gasteiger partial charge in [0.15, 0.2) is 11.6 Å². The highest BCUT2D eigenvalue weighted by Gasteiger charge is 2.34. The van der Waals surface area contributed by atoms with Crippen LogP contribution in [0.4, 0.5) is 30.5 Å². The van der Waals surface area contributed by atoms with Gasteiger partial charge in [0.1, 0.15) is 5.82 Å². The molecular weight excluding hydrogens is 439 g/mol. The van der Waals surface area contributed by atoms with E-state index in [2.05, 4.69) is 25.5 Å². The summed E-state index contributed by atoms with van der Waals surface area (Å²) in [4.78, 5) is 16.2. The van der Waals surface area contributed by atoms with Crippen molar-refractivity contribution >= 4 is 34.1 Å². The molecular formula is C21H24F3N7O2. The van der Waals surface area contributed by atoms with Crippen LogP contribution in [0.1, 0.15) is 30.1 Å². The fourth-order valence-corrected chi connectivity index (χ4v) is 3.78. The molecule has 2 atom stereocenters. The van der Waals surface area contributed by atoms with Crippen LogP contribution in [0.2, 0.25) is 0 Å². The van der Waals surface area contributed by atoms with Gasteiger partial charge in [-0.1, -0.05) is 0 Å². The lowest BCUT2D eigenvalue weighted by Crippen LogP contribution is -2.40. The molecule has 3 aromatic rings. The number of halogens is 3. The van der Waals surface area contributed by atoms with Gasteiger partial charge in [0.25, 0.3) is 5.91 Å². The fraction of sp³-hybridized carbons (Fsp3) is 0.381. The SMILES string of the molecule is C[C@H](N)[C@H](Nc1nc(Nc2ccc3c(c2)c(OC(F)F)nn3C)c(C(N)=O)cc1F)C1CC1. The lowest BCUT2D eigenvalue weighted by molar-refractivity contribution is -0.0521. The van der Waals surface area contributed by atoms with Gasteiger partial charge in [0.05, 0.1) is 16.5 Å². The number of rotatable bonds is 9. The van der Waals surface area contributed by atoms with Crippen LogP contribution >= 0.6 is 0 Å². The third-order valence-corrected chi connectivity index (χ3v) is 5.52. The van der Waals surface area contributed by atoms with Gasteiger partial charge in [-0.2, -0.15) is 8.78 Å². The van der Waals surface area contributed by atoms with Crippen molar-refractivity contribution in [1.82, 2.24) is 14.8 Å². The van der Waals surface area contributed by atoms with Gasteiger partial charge in [-0.25, -0.2) is 9.37 Å². The van der Waals surface area contributed by atoms with Crippen molar-refractivity contribution < 1.29 is 22.7 Å². The topological polar surface area (TPSA) is 133 Å². The van der Waals surface area contributed by atoms with E-state index in [4.69, 9.17) is 11.5 Å². The zero-order valence-corrected chi connectivity index (χ0v) is 18.0. The number of primary amides is 1. The van der Waals surface area contributed by atoms with E-state index in [0.717, 1.165) is 18.9 Å². The Morgan fingerprint density at radius 2 is 2.00 bits per heavy atom. The third-order valence-electron chi connectivity index (χ3n) is 5.52. The minimum atomic E-state index is -3.04. The van der Waals surface area contributed by atoms with Crippen LogP contribution in [-0.4, -0.2) is 39.4 Å². The normalized spacial score (nSPS) is 15.5. The molecule has 0 aliphatic heterocycles. The van der Waals surface area contributed by atoms with Crippen LogP contribution in [0.25, 0.3) is 10.9 Å². The number of amides is 1. The Labute approximate surface area is 187 Å². The number of nitrogens with zero attached hydrogens (tertiary/aromatic N) is 3. The first-order chi connectivity index (χ1) is 15.6. The van der Waals surface area contributed by atoms with Gasteiger partial charge in [-0.3, -0.25) is 9.48 Å². The van der Waals surface area contributed by atoms with Crippen LogP contribution in [0.3, 0.4) is 0 Å². The highest BCUT2D eigenvalue weighted by Crippen LogP contribution is 2.36. The molecule has 6 N–H and O–H groups in total. The van der Waals surface area contributed by atoms with Crippen LogP contribution < -0.4 is 26.8 Å². The van der Waals surface area contributed by atoms with Gasteiger partial charge < -0.3 is 26.8 Å². The molecule has 0 radical (unpaired) electrons. The standard InChI is InChI=1S/C21H24F3N7O2/c1-9(25)16(10-3-4-10)28-19-14(22)8-13(17(26)32)18(29-19)27-11-5-6-15-12(7-11)20(30-31(15)2)33-21(23)24/h5-10,16,21H,3-4,25H2,1-2H3,(H2,26,32)(H2,27,28,29)/t9-,16-/m0/s1. The van der Waals surface area contributed by atoms with Crippen molar-refractivity contribution in [2.45, 2.75) is 38.5 Å². The van der Waals surface area contributed by atoms with E-state index in [9.17, 15) is 18.0 Å². The Kier molecular flexibility index (Phi) is 6.02. The number of carbonyl (C=O) groups excluding carboxylic acids is 1. The molecule has 9 nitrogen and oxygen atoms in total. The van der Waals surface area contributed by atoms with Crippen LogP contribution in [0, 0.1) is 11.7 Å². The molecule has 1 aliphatic rings. The fourth-order valence-electron chi connectivity index (χ4n) is 3.78. The zero-order chi connectivity index (χ0) is 23.9. The van der Waals surface area contributed by atoms with E-state index in [-0.39, 0.29) is 35.2 Å². The van der Waals surface area contributed by atoms with Gasteiger partial charge >= 0.3 is 6.61 Å². The number of carbonyl (C=O) groups is 1. The number of aromatic nitrogens is 3. The van der Waals surface area contributed by atoms with Gasteiger partial charge in [0, 0.05) is 24.8 Å². The summed E-state index contributed by atoms with van der Waals surface area (Å²) in [7, 11) is 1.59. The summed E-state index contributed by atoms with van der Waals surface area (Å²) in [5, 5.41) is 10.2. The van der Waals surface area contributed by atoms with E-state index in [1.54, 1.807) is 19.2 Å². The number of alkyl halides is 2. The summed E-state index contributed by atoms with van der Waals surface area (Å²) in [5.74, 6) is -1.62. The Bertz CT molecular complexity index is 1190. The van der Waals surface area contributed by atoms with E-state index in [1.807, 2.05) is 6.92 Å². The molecule has 0 saturated heterocycles. The van der Waals surface area contributed by atoms with Crippen molar-refractivity contribution in [3.63, 3.8) is 0 Å². The molecule has 1 fully saturated rings. The Balaban J connectivity index is 1.70. The van der Waals surface area contributed by atoms with Crippen LogP contribution in [-0.2, 0) is 7.05 Å². The summed E-state index contributed by atoms with van der Waals surface area (Å²) in [5.41, 5.74) is 12.2. The summed E-state index contributed by atoms with van der Waals surface area (Å²) in [6, 6.07) is 5.35. The second-order valence-corrected chi connectivity index (χ2v) is 8.11. The maximum absolute atomic E-state index is 14.7. The molecule has 1 aliphatic carbocycles. The number of nitrogens with two attached hydrogens (primary N) is 2. The number of aryl methyl sites for hydroxylation is 1. The number of hydrogen-bond donors (Lipinski definition) is 4. The summed E-state index contributed by atoms with van der Waals surface area (Å²) < 4.78 is 46.1. The third kappa shape index (κ3) is 4.80. The zero-order valence-electron chi connectivity index (χ0n) is 18.0. The van der Waals surface area contributed by atoms with Gasteiger partial charge in [0.2, 0.25) is 5.88 Å². The molecule has 4 rings (SSSR count). The van der Waals surface area contributed by atoms with E-state index in [1.165, 1.54) is 10.7 Å². The number of anilines is 3. The average Bonchev–Trinajstić information content (AvgIpc) is 3.52. The smallest absolute Gasteiger partial charge is 0.388 e. The average molecular weight is 463 g/mol. The van der Waals surface area contributed by atoms with Crippen LogP contribution in [0.15, 0.2) is 24.3 Å². The molecule has 2 aromatic heterocycles. The number of fused-ring (bicyclic) bond motifs is 1. The largest absolute Gasteiger partial charge is 0.415 e. The first-order valence-electron chi connectivity index (χ1n) is 10.3. The molecule has 1 saturated carbocycles. The second kappa shape index (κ2) is 8.77. The molecule has 0 spiro atoms. The summed E-state index contributed by atoms with van der Waals surface area (Å²) >= 11 is 0. The highest BCUT2D eigenvalue weighted by atomic mass is 19.3. The Hall–Kier alpha value is -3.54. The highest BCUT2D eigenvalue weighted by molar-refractivity contribution is 5.99. The molecule has 33 heavy (non-hydrogen) atoms. The van der Waals surface area contributed by atoms with E-state index < -0.39 is 18.3 Å². The number of benzene rings is 1.